The lowest BCUT2D eigenvalue weighted by Gasteiger charge is -2.38. The molecule has 0 spiro atoms. The molecule has 6 aromatic rings. The largest absolute Gasteiger partial charge is 0.483 e. The van der Waals surface area contributed by atoms with Crippen LogP contribution in [-0.4, -0.2) is 29.2 Å². The molecule has 0 fully saturated rings. The second kappa shape index (κ2) is 17.2. The molecule has 1 unspecified atom stereocenters. The Morgan fingerprint density at radius 1 is 0.429 bits per heavy atom. The maximum atomic E-state index is 15.1. The molecule has 0 aromatic heterocycles. The average molecular weight is 909 g/mol. The smallest absolute Gasteiger partial charge is 0.411 e. The Kier molecular flexibility index (Phi) is 12.8. The zero-order valence-electron chi connectivity index (χ0n) is 35.3. The summed E-state index contributed by atoms with van der Waals surface area (Å²) in [5, 5.41) is 0. The van der Waals surface area contributed by atoms with E-state index in [0.717, 1.165) is 53.9 Å². The second-order valence-electron chi connectivity index (χ2n) is 16.2. The van der Waals surface area contributed by atoms with Crippen LogP contribution in [-0.2, 0) is 36.1 Å². The Labute approximate surface area is 364 Å². The van der Waals surface area contributed by atoms with E-state index in [1.54, 1.807) is 50.2 Å². The molecule has 332 valence electrons. The van der Waals surface area contributed by atoms with E-state index in [2.05, 4.69) is 13.8 Å². The number of halogens is 6. The van der Waals surface area contributed by atoms with Crippen molar-refractivity contribution in [1.29, 1.82) is 0 Å². The van der Waals surface area contributed by atoms with Gasteiger partial charge in [-0.25, -0.2) is 16.8 Å². The molecule has 0 aliphatic heterocycles. The van der Waals surface area contributed by atoms with Crippen molar-refractivity contribution in [3.05, 3.63) is 173 Å². The fourth-order valence-corrected chi connectivity index (χ4v) is 9.73. The van der Waals surface area contributed by atoms with Gasteiger partial charge in [-0.2, -0.15) is 26.3 Å². The lowest BCUT2D eigenvalue weighted by molar-refractivity contribution is -0.288. The topological polar surface area (TPSA) is 86.7 Å². The maximum Gasteiger partial charge on any atom is 0.411 e. The molecular weight excluding hydrogens is 863 g/mol. The van der Waals surface area contributed by atoms with Crippen LogP contribution in [0.5, 0.6) is 17.2 Å². The Morgan fingerprint density at radius 3 is 1.11 bits per heavy atom. The number of hydrogen-bond donors (Lipinski definition) is 0. The van der Waals surface area contributed by atoms with Gasteiger partial charge >= 0.3 is 12.4 Å². The Hall–Kier alpha value is -5.60. The van der Waals surface area contributed by atoms with Crippen molar-refractivity contribution in [3.63, 3.8) is 0 Å². The first-order chi connectivity index (χ1) is 29.4. The van der Waals surface area contributed by atoms with E-state index in [1.807, 2.05) is 13.8 Å². The minimum atomic E-state index is -5.86. The van der Waals surface area contributed by atoms with Crippen LogP contribution in [0.15, 0.2) is 165 Å². The third-order valence-electron chi connectivity index (χ3n) is 11.7. The van der Waals surface area contributed by atoms with Crippen molar-refractivity contribution in [3.8, 4) is 17.2 Å². The first-order valence-corrected chi connectivity index (χ1v) is 22.9. The van der Waals surface area contributed by atoms with E-state index in [4.69, 9.17) is 9.47 Å². The molecule has 0 aliphatic rings. The molecule has 0 amide bonds. The zero-order chi connectivity index (χ0) is 46.2. The van der Waals surface area contributed by atoms with Crippen molar-refractivity contribution in [2.45, 2.75) is 103 Å². The van der Waals surface area contributed by atoms with Crippen molar-refractivity contribution in [2.24, 2.45) is 0 Å². The van der Waals surface area contributed by atoms with Gasteiger partial charge in [0, 0.05) is 0 Å². The van der Waals surface area contributed by atoms with Gasteiger partial charge in [-0.1, -0.05) is 93.9 Å². The van der Waals surface area contributed by atoms with Crippen LogP contribution in [0.3, 0.4) is 0 Å². The summed E-state index contributed by atoms with van der Waals surface area (Å²) in [5.74, 6) is -0.0168. The van der Waals surface area contributed by atoms with Crippen molar-refractivity contribution >= 4 is 19.7 Å². The standard InChI is InChI=1S/C49H46F6O6S2/c1-7-45(4,5)34-15-27-42(28-16-34)63(58,59)44-31-23-39(24-32-44)60-38-19-11-36(12-20-38)47(48(50,51)52,49(53,54)55)37-13-21-40(22-14-37)61-46(6,8-2)35-17-29-43(30-18-35)62(56,57)41-25-9-33(3)10-26-41/h9-32H,7-8H2,1-6H3. The molecule has 0 saturated heterocycles. The van der Waals surface area contributed by atoms with Crippen LogP contribution in [0, 0.1) is 6.92 Å². The summed E-state index contributed by atoms with van der Waals surface area (Å²) in [5.41, 5.74) is -5.57. The first-order valence-electron chi connectivity index (χ1n) is 20.0. The van der Waals surface area contributed by atoms with Gasteiger partial charge < -0.3 is 9.47 Å². The van der Waals surface area contributed by atoms with E-state index in [9.17, 15) is 16.8 Å². The molecule has 0 heterocycles. The number of alkyl halides is 6. The van der Waals surface area contributed by atoms with Gasteiger partial charge in [0.15, 0.2) is 0 Å². The first kappa shape index (κ1) is 46.9. The average Bonchev–Trinajstić information content (AvgIpc) is 3.24. The Morgan fingerprint density at radius 2 is 0.746 bits per heavy atom. The molecule has 0 N–H and O–H groups in total. The molecule has 1 atom stereocenters. The van der Waals surface area contributed by atoms with E-state index in [0.29, 0.717) is 24.1 Å². The highest BCUT2D eigenvalue weighted by Crippen LogP contribution is 2.56. The number of sulfone groups is 2. The molecule has 6 rings (SSSR count). The molecule has 0 aliphatic carbocycles. The summed E-state index contributed by atoms with van der Waals surface area (Å²) in [7, 11) is -7.75. The van der Waals surface area contributed by atoms with E-state index in [-0.39, 0.29) is 42.2 Å². The van der Waals surface area contributed by atoms with Gasteiger partial charge in [-0.15, -0.1) is 0 Å². The molecule has 0 radical (unpaired) electrons. The van der Waals surface area contributed by atoms with Gasteiger partial charge in [0.25, 0.3) is 0 Å². The van der Waals surface area contributed by atoms with Crippen LogP contribution in [0.1, 0.15) is 75.3 Å². The minimum absolute atomic E-state index is 0.0193. The summed E-state index contributed by atoms with van der Waals surface area (Å²) >= 11 is 0. The maximum absolute atomic E-state index is 15.1. The molecule has 63 heavy (non-hydrogen) atoms. The molecule has 0 saturated carbocycles. The van der Waals surface area contributed by atoms with Gasteiger partial charge in [0.05, 0.1) is 19.6 Å². The third kappa shape index (κ3) is 9.10. The van der Waals surface area contributed by atoms with E-state index >= 15 is 26.3 Å². The highest BCUT2D eigenvalue weighted by Gasteiger charge is 2.72. The quantitative estimate of drug-likeness (QED) is 0.101. The van der Waals surface area contributed by atoms with Crippen molar-refractivity contribution in [2.75, 3.05) is 0 Å². The number of benzene rings is 6. The van der Waals surface area contributed by atoms with Crippen LogP contribution < -0.4 is 9.47 Å². The van der Waals surface area contributed by atoms with E-state index in [1.165, 1.54) is 60.7 Å². The zero-order valence-corrected chi connectivity index (χ0v) is 36.9. The summed E-state index contributed by atoms with van der Waals surface area (Å²) in [6.07, 6.45) is -10.6. The van der Waals surface area contributed by atoms with Gasteiger partial charge in [-0.3, -0.25) is 0 Å². The predicted octanol–water partition coefficient (Wildman–Crippen LogP) is 13.3. The number of aryl methyl sites for hydroxylation is 1. The number of ether oxygens (including phenoxy) is 2. The van der Waals surface area contributed by atoms with Crippen LogP contribution >= 0.6 is 0 Å². The lowest BCUT2D eigenvalue weighted by atomic mass is 9.73. The van der Waals surface area contributed by atoms with Gasteiger partial charge in [-0.05, 0) is 139 Å². The normalized spacial score (nSPS) is 13.9. The molecule has 0 bridgehead atoms. The fourth-order valence-electron chi connectivity index (χ4n) is 7.21. The number of rotatable bonds is 14. The van der Waals surface area contributed by atoms with Crippen molar-refractivity contribution < 1.29 is 52.7 Å². The highest BCUT2D eigenvalue weighted by atomic mass is 32.2. The van der Waals surface area contributed by atoms with Crippen LogP contribution in [0.4, 0.5) is 26.3 Å². The molecular formula is C49H46F6O6S2. The summed E-state index contributed by atoms with van der Waals surface area (Å²) in [6, 6.07) is 31.1. The van der Waals surface area contributed by atoms with Crippen molar-refractivity contribution in [1.82, 2.24) is 0 Å². The Balaban J connectivity index is 1.22. The molecule has 14 heteroatoms. The number of hydrogen-bond acceptors (Lipinski definition) is 6. The fraction of sp³-hybridized carbons (Fsp3) is 0.265. The van der Waals surface area contributed by atoms with Crippen LogP contribution in [0.2, 0.25) is 0 Å². The summed E-state index contributed by atoms with van der Waals surface area (Å²) in [6.45, 7) is 11.4. The molecule has 6 nitrogen and oxygen atoms in total. The van der Waals surface area contributed by atoms with Gasteiger partial charge in [0.1, 0.15) is 22.8 Å². The second-order valence-corrected chi connectivity index (χ2v) is 20.1. The third-order valence-corrected chi connectivity index (χ3v) is 15.3. The summed E-state index contributed by atoms with van der Waals surface area (Å²) in [4.78, 5) is 0.187. The monoisotopic (exact) mass is 908 g/mol. The highest BCUT2D eigenvalue weighted by molar-refractivity contribution is 7.91. The minimum Gasteiger partial charge on any atom is -0.483 e. The summed E-state index contributed by atoms with van der Waals surface area (Å²) < 4.78 is 155. The molecule has 6 aromatic carbocycles. The van der Waals surface area contributed by atoms with E-state index < -0.39 is 54.2 Å². The van der Waals surface area contributed by atoms with Gasteiger partial charge in [0.2, 0.25) is 25.1 Å². The van der Waals surface area contributed by atoms with Crippen LogP contribution in [0.25, 0.3) is 0 Å². The Bertz CT molecular complexity index is 2730. The SMILES string of the molecule is CCC(C)(C)c1ccc(S(=O)(=O)c2ccc(Oc3ccc(C(c4ccc(OC(C)(CC)c5ccc(S(=O)(=O)c6ccc(C)cc6)cc5)cc4)(C(F)(F)F)C(F)(F)F)cc3)cc2)cc1. The predicted molar refractivity (Wildman–Crippen MR) is 229 cm³/mol. The lowest BCUT2D eigenvalue weighted by Crippen LogP contribution is -2.54.